The molecule has 1 aromatic carbocycles. The van der Waals surface area contributed by atoms with Crippen LogP contribution in [0.25, 0.3) is 0 Å². The summed E-state index contributed by atoms with van der Waals surface area (Å²) in [5.41, 5.74) is 0.322. The maximum absolute atomic E-state index is 12.6. The summed E-state index contributed by atoms with van der Waals surface area (Å²) >= 11 is 5.83. The fourth-order valence-electron chi connectivity index (χ4n) is 1.46. The summed E-state index contributed by atoms with van der Waals surface area (Å²) in [4.78, 5) is 3.78. The molecule has 0 saturated carbocycles. The molecule has 0 amide bonds. The molecule has 98 valence electrons. The Morgan fingerprint density at radius 2 is 2.26 bits per heavy atom. The summed E-state index contributed by atoms with van der Waals surface area (Å²) in [6.45, 7) is -2.77. The lowest BCUT2D eigenvalue weighted by molar-refractivity contribution is 0.0632. The Morgan fingerprint density at radius 1 is 1.47 bits per heavy atom. The molecule has 0 atom stereocenters. The second-order valence-electron chi connectivity index (χ2n) is 3.57. The van der Waals surface area contributed by atoms with Gasteiger partial charge in [0.15, 0.2) is 5.82 Å². The minimum absolute atomic E-state index is 0.107. The van der Waals surface area contributed by atoms with Gasteiger partial charge in [0.25, 0.3) is 0 Å². The molecule has 0 radical (unpaired) electrons. The molecule has 0 aliphatic carbocycles. The lowest BCUT2D eigenvalue weighted by Gasteiger charge is -2.09. The number of alkyl halides is 2. The Morgan fingerprint density at radius 3 is 2.89 bits per heavy atom. The summed E-state index contributed by atoms with van der Waals surface area (Å²) in [6.07, 6.45) is 2.45. The van der Waals surface area contributed by atoms with E-state index in [1.807, 2.05) is 6.07 Å². The maximum atomic E-state index is 12.6. The van der Waals surface area contributed by atoms with Crippen molar-refractivity contribution >= 4 is 11.6 Å². The molecule has 0 spiro atoms. The minimum Gasteiger partial charge on any atom is -0.486 e. The lowest BCUT2D eigenvalue weighted by Crippen LogP contribution is -2.07. The van der Waals surface area contributed by atoms with Crippen LogP contribution in [0.1, 0.15) is 17.9 Å². The molecule has 19 heavy (non-hydrogen) atoms. The number of aromatic nitrogens is 2. The van der Waals surface area contributed by atoms with Crippen LogP contribution in [0.2, 0.25) is 5.02 Å². The molecule has 0 bridgehead atoms. The highest BCUT2D eigenvalue weighted by molar-refractivity contribution is 6.31. The van der Waals surface area contributed by atoms with Crippen LogP contribution in [-0.2, 0) is 6.61 Å². The average Bonchev–Trinajstić information content (AvgIpc) is 2.85. The summed E-state index contributed by atoms with van der Waals surface area (Å²) in [6, 6.07) is 6.41. The van der Waals surface area contributed by atoms with E-state index in [2.05, 4.69) is 4.98 Å². The molecule has 1 aromatic heterocycles. The fraction of sp³-hybridized carbons (Fsp3) is 0.167. The van der Waals surface area contributed by atoms with Crippen LogP contribution in [-0.4, -0.2) is 9.55 Å². The van der Waals surface area contributed by atoms with E-state index in [0.29, 0.717) is 15.9 Å². The number of imidazole rings is 1. The van der Waals surface area contributed by atoms with Crippen LogP contribution in [0.15, 0.2) is 30.6 Å². The first-order chi connectivity index (χ1) is 9.11. The first kappa shape index (κ1) is 13.3. The van der Waals surface area contributed by atoms with Gasteiger partial charge in [-0.2, -0.15) is 14.0 Å². The van der Waals surface area contributed by atoms with Crippen molar-refractivity contribution in [3.05, 3.63) is 47.0 Å². The van der Waals surface area contributed by atoms with Crippen LogP contribution in [0.3, 0.4) is 0 Å². The topological polar surface area (TPSA) is 50.8 Å². The molecule has 0 unspecified atom stereocenters. The Labute approximate surface area is 112 Å². The number of halogens is 3. The molecule has 0 aliphatic heterocycles. The Bertz CT molecular complexity index is 622. The van der Waals surface area contributed by atoms with Gasteiger partial charge in [0.05, 0.1) is 10.6 Å². The van der Waals surface area contributed by atoms with E-state index in [-0.39, 0.29) is 17.5 Å². The molecule has 0 N–H and O–H groups in total. The van der Waals surface area contributed by atoms with Crippen molar-refractivity contribution in [2.45, 2.75) is 13.2 Å². The number of nitriles is 1. The highest BCUT2D eigenvalue weighted by Crippen LogP contribution is 2.23. The zero-order chi connectivity index (χ0) is 13.8. The number of benzene rings is 1. The average molecular weight is 284 g/mol. The van der Waals surface area contributed by atoms with Gasteiger partial charge in [-0.3, -0.25) is 4.57 Å². The first-order valence-electron chi connectivity index (χ1n) is 5.24. The Balaban J connectivity index is 2.09. The number of hydrogen-bond acceptors (Lipinski definition) is 3. The van der Waals surface area contributed by atoms with Crippen LogP contribution in [0, 0.1) is 11.3 Å². The molecule has 2 aromatic rings. The monoisotopic (exact) mass is 283 g/mol. The van der Waals surface area contributed by atoms with E-state index in [9.17, 15) is 8.78 Å². The van der Waals surface area contributed by atoms with E-state index < -0.39 is 6.55 Å². The van der Waals surface area contributed by atoms with Gasteiger partial charge in [0.1, 0.15) is 18.4 Å². The second-order valence-corrected chi connectivity index (χ2v) is 3.98. The Kier molecular flexibility index (Phi) is 3.97. The van der Waals surface area contributed by atoms with E-state index in [0.717, 1.165) is 0 Å². The Hall–Kier alpha value is -2.13. The van der Waals surface area contributed by atoms with Crippen molar-refractivity contribution in [3.8, 4) is 11.8 Å². The van der Waals surface area contributed by atoms with Crippen molar-refractivity contribution in [1.82, 2.24) is 9.55 Å². The minimum atomic E-state index is -2.66. The molecule has 0 fully saturated rings. The van der Waals surface area contributed by atoms with Crippen molar-refractivity contribution in [2.24, 2.45) is 0 Å². The SMILES string of the molecule is N#Cc1ccc(OCc2nccn2C(F)F)cc1Cl. The smallest absolute Gasteiger partial charge is 0.320 e. The first-order valence-corrected chi connectivity index (χ1v) is 5.62. The molecule has 7 heteroatoms. The number of nitrogens with zero attached hydrogens (tertiary/aromatic N) is 3. The third kappa shape index (κ3) is 3.01. The van der Waals surface area contributed by atoms with Gasteiger partial charge in [-0.25, -0.2) is 4.98 Å². The predicted octanol–water partition coefficient (Wildman–Crippen LogP) is 3.38. The van der Waals surface area contributed by atoms with E-state index in [1.165, 1.54) is 24.5 Å². The lowest BCUT2D eigenvalue weighted by atomic mass is 10.2. The standard InChI is InChI=1S/C12H8ClF2N3O/c13-10-5-9(2-1-8(10)6-16)19-7-11-17-3-4-18(11)12(14)15/h1-5,12H,7H2. The molecule has 4 nitrogen and oxygen atoms in total. The van der Waals surface area contributed by atoms with E-state index in [1.54, 1.807) is 6.07 Å². The molecule has 0 aliphatic rings. The molecule has 0 saturated heterocycles. The van der Waals surface area contributed by atoms with Gasteiger partial charge in [0, 0.05) is 18.5 Å². The summed E-state index contributed by atoms with van der Waals surface area (Å²) in [5.74, 6) is 0.489. The number of rotatable bonds is 4. The zero-order valence-corrected chi connectivity index (χ0v) is 10.3. The molecule has 2 rings (SSSR count). The van der Waals surface area contributed by atoms with Gasteiger partial charge in [0.2, 0.25) is 0 Å². The molecule has 1 heterocycles. The van der Waals surface area contributed by atoms with Gasteiger partial charge >= 0.3 is 6.55 Å². The van der Waals surface area contributed by atoms with Crippen molar-refractivity contribution in [3.63, 3.8) is 0 Å². The van der Waals surface area contributed by atoms with Crippen LogP contribution < -0.4 is 4.74 Å². The summed E-state index contributed by atoms with van der Waals surface area (Å²) in [5, 5.41) is 8.96. The summed E-state index contributed by atoms with van der Waals surface area (Å²) in [7, 11) is 0. The van der Waals surface area contributed by atoms with Crippen molar-refractivity contribution in [1.29, 1.82) is 5.26 Å². The maximum Gasteiger partial charge on any atom is 0.320 e. The number of ether oxygens (including phenoxy) is 1. The third-order valence-corrected chi connectivity index (χ3v) is 2.70. The highest BCUT2D eigenvalue weighted by Gasteiger charge is 2.12. The largest absolute Gasteiger partial charge is 0.486 e. The van der Waals surface area contributed by atoms with Crippen molar-refractivity contribution < 1.29 is 13.5 Å². The highest BCUT2D eigenvalue weighted by atomic mass is 35.5. The van der Waals surface area contributed by atoms with Gasteiger partial charge < -0.3 is 4.74 Å². The van der Waals surface area contributed by atoms with E-state index in [4.69, 9.17) is 21.6 Å². The third-order valence-electron chi connectivity index (χ3n) is 2.39. The summed E-state index contributed by atoms with van der Waals surface area (Å²) < 4.78 is 31.1. The number of hydrogen-bond donors (Lipinski definition) is 0. The van der Waals surface area contributed by atoms with Gasteiger partial charge in [-0.15, -0.1) is 0 Å². The second kappa shape index (κ2) is 5.67. The van der Waals surface area contributed by atoms with Crippen molar-refractivity contribution in [2.75, 3.05) is 0 Å². The normalized spacial score (nSPS) is 10.5. The fourth-order valence-corrected chi connectivity index (χ4v) is 1.67. The molecular weight excluding hydrogens is 276 g/mol. The van der Waals surface area contributed by atoms with Gasteiger partial charge in [-0.05, 0) is 12.1 Å². The zero-order valence-electron chi connectivity index (χ0n) is 9.55. The van der Waals surface area contributed by atoms with Gasteiger partial charge in [-0.1, -0.05) is 11.6 Å². The van der Waals surface area contributed by atoms with Crippen LogP contribution in [0.5, 0.6) is 5.75 Å². The van der Waals surface area contributed by atoms with Crippen LogP contribution >= 0.6 is 11.6 Å². The predicted molar refractivity (Wildman–Crippen MR) is 64.0 cm³/mol. The van der Waals surface area contributed by atoms with Crippen LogP contribution in [0.4, 0.5) is 8.78 Å². The van der Waals surface area contributed by atoms with E-state index >= 15 is 0 Å². The quantitative estimate of drug-likeness (QED) is 0.864. The molecular formula is C12H8ClF2N3O.